The van der Waals surface area contributed by atoms with Crippen molar-refractivity contribution >= 4 is 5.91 Å². The van der Waals surface area contributed by atoms with Gasteiger partial charge in [-0.1, -0.05) is 30.3 Å². The zero-order chi connectivity index (χ0) is 15.2. The minimum Gasteiger partial charge on any atom is -0.393 e. The first-order valence-electron chi connectivity index (χ1n) is 7.06. The van der Waals surface area contributed by atoms with Crippen molar-refractivity contribution in [3.63, 3.8) is 0 Å². The van der Waals surface area contributed by atoms with E-state index in [1.165, 1.54) is 0 Å². The van der Waals surface area contributed by atoms with Crippen LogP contribution in [0.2, 0.25) is 0 Å². The number of hydrogen-bond acceptors (Lipinski definition) is 3. The van der Waals surface area contributed by atoms with Crippen LogP contribution >= 0.6 is 0 Å². The lowest BCUT2D eigenvalue weighted by molar-refractivity contribution is 0.0945. The summed E-state index contributed by atoms with van der Waals surface area (Å²) in [5.74, 6) is -0.0542. The summed E-state index contributed by atoms with van der Waals surface area (Å²) in [6.07, 6.45) is 3.42. The van der Waals surface area contributed by atoms with Crippen LogP contribution in [-0.4, -0.2) is 33.4 Å². The van der Waals surface area contributed by atoms with E-state index >= 15 is 0 Å². The number of amides is 1. The fourth-order valence-corrected chi connectivity index (χ4v) is 2.33. The van der Waals surface area contributed by atoms with Gasteiger partial charge >= 0.3 is 0 Å². The average Bonchev–Trinajstić information content (AvgIpc) is 2.90. The van der Waals surface area contributed by atoms with Gasteiger partial charge in [-0.05, 0) is 18.9 Å². The Kier molecular flexibility index (Phi) is 5.11. The second-order valence-corrected chi connectivity index (χ2v) is 5.31. The van der Waals surface area contributed by atoms with Crippen LogP contribution in [0.3, 0.4) is 0 Å². The highest BCUT2D eigenvalue weighted by molar-refractivity contribution is 5.93. The SMILES string of the molecule is CC(O)CC(CNC(=O)c1cnn(C)c1)c1ccccc1. The summed E-state index contributed by atoms with van der Waals surface area (Å²) in [5.41, 5.74) is 1.66. The first kappa shape index (κ1) is 15.3. The van der Waals surface area contributed by atoms with Gasteiger partial charge in [0.15, 0.2) is 0 Å². The van der Waals surface area contributed by atoms with E-state index in [4.69, 9.17) is 0 Å². The molecule has 0 aliphatic heterocycles. The van der Waals surface area contributed by atoms with Crippen molar-refractivity contribution in [1.82, 2.24) is 15.1 Å². The summed E-state index contributed by atoms with van der Waals surface area (Å²) >= 11 is 0. The Morgan fingerprint density at radius 1 is 1.38 bits per heavy atom. The lowest BCUT2D eigenvalue weighted by Gasteiger charge is -2.19. The second-order valence-electron chi connectivity index (χ2n) is 5.31. The molecule has 1 aromatic heterocycles. The molecule has 1 amide bonds. The van der Waals surface area contributed by atoms with E-state index in [-0.39, 0.29) is 11.8 Å². The average molecular weight is 287 g/mol. The Labute approximate surface area is 124 Å². The van der Waals surface area contributed by atoms with Crippen LogP contribution in [0.4, 0.5) is 0 Å². The second kappa shape index (κ2) is 7.04. The van der Waals surface area contributed by atoms with Crippen LogP contribution in [-0.2, 0) is 7.05 Å². The first-order chi connectivity index (χ1) is 10.1. The predicted octanol–water partition coefficient (Wildman–Crippen LogP) is 1.70. The molecule has 1 aromatic carbocycles. The highest BCUT2D eigenvalue weighted by Crippen LogP contribution is 2.20. The molecule has 21 heavy (non-hydrogen) atoms. The maximum Gasteiger partial charge on any atom is 0.254 e. The molecule has 5 heteroatoms. The molecule has 0 aliphatic carbocycles. The highest BCUT2D eigenvalue weighted by atomic mass is 16.3. The van der Waals surface area contributed by atoms with Crippen molar-refractivity contribution in [3.8, 4) is 0 Å². The normalized spacial score (nSPS) is 13.7. The molecule has 2 atom stereocenters. The number of carbonyl (C=O) groups excluding carboxylic acids is 1. The van der Waals surface area contributed by atoms with Crippen LogP contribution in [0.25, 0.3) is 0 Å². The first-order valence-corrected chi connectivity index (χ1v) is 7.06. The number of aromatic nitrogens is 2. The minimum absolute atomic E-state index is 0.0896. The third-order valence-electron chi connectivity index (χ3n) is 3.37. The molecule has 2 rings (SSSR count). The highest BCUT2D eigenvalue weighted by Gasteiger charge is 2.16. The molecule has 2 unspecified atom stereocenters. The van der Waals surface area contributed by atoms with Gasteiger partial charge in [-0.2, -0.15) is 5.10 Å². The maximum atomic E-state index is 12.1. The van der Waals surface area contributed by atoms with Crippen LogP contribution in [0.1, 0.15) is 35.2 Å². The van der Waals surface area contributed by atoms with Crippen LogP contribution < -0.4 is 5.32 Å². The standard InChI is InChI=1S/C16H21N3O2/c1-12(20)8-14(13-6-4-3-5-7-13)9-17-16(21)15-10-18-19(2)11-15/h3-7,10-12,14,20H,8-9H2,1-2H3,(H,17,21). The van der Waals surface area contributed by atoms with Crippen molar-refractivity contribution < 1.29 is 9.90 Å². The van der Waals surface area contributed by atoms with Gasteiger partial charge < -0.3 is 10.4 Å². The Morgan fingerprint density at radius 2 is 2.10 bits per heavy atom. The Morgan fingerprint density at radius 3 is 2.67 bits per heavy atom. The van der Waals surface area contributed by atoms with Gasteiger partial charge in [0.05, 0.1) is 17.9 Å². The summed E-state index contributed by atoms with van der Waals surface area (Å²) in [5, 5.41) is 16.5. The van der Waals surface area contributed by atoms with Gasteiger partial charge in [0, 0.05) is 25.7 Å². The van der Waals surface area contributed by atoms with Crippen molar-refractivity contribution in [2.24, 2.45) is 7.05 Å². The summed E-state index contributed by atoms with van der Waals surface area (Å²) in [6, 6.07) is 9.92. The molecule has 1 heterocycles. The molecule has 0 bridgehead atoms. The van der Waals surface area contributed by atoms with E-state index < -0.39 is 6.10 Å². The Balaban J connectivity index is 2.01. The number of aliphatic hydroxyl groups excluding tert-OH is 1. The number of nitrogens with one attached hydrogen (secondary N) is 1. The van der Waals surface area contributed by atoms with E-state index in [2.05, 4.69) is 10.4 Å². The smallest absolute Gasteiger partial charge is 0.254 e. The zero-order valence-electron chi connectivity index (χ0n) is 12.4. The number of rotatable bonds is 6. The van der Waals surface area contributed by atoms with E-state index in [1.54, 1.807) is 31.0 Å². The topological polar surface area (TPSA) is 67.2 Å². The van der Waals surface area contributed by atoms with Gasteiger partial charge in [0.1, 0.15) is 0 Å². The van der Waals surface area contributed by atoms with E-state index in [0.29, 0.717) is 18.5 Å². The maximum absolute atomic E-state index is 12.1. The van der Waals surface area contributed by atoms with Crippen LogP contribution in [0.5, 0.6) is 0 Å². The fraction of sp³-hybridized carbons (Fsp3) is 0.375. The minimum atomic E-state index is -0.412. The quantitative estimate of drug-likeness (QED) is 0.850. The monoisotopic (exact) mass is 287 g/mol. The summed E-state index contributed by atoms with van der Waals surface area (Å²) in [6.45, 7) is 2.25. The molecule has 2 aromatic rings. The van der Waals surface area contributed by atoms with Crippen LogP contribution in [0, 0.1) is 0 Å². The molecule has 112 valence electrons. The molecule has 0 radical (unpaired) electrons. The van der Waals surface area contributed by atoms with Crippen molar-refractivity contribution in [2.75, 3.05) is 6.54 Å². The molecule has 0 saturated heterocycles. The Bertz CT molecular complexity index is 578. The molecule has 0 fully saturated rings. The van der Waals surface area contributed by atoms with Crippen LogP contribution in [0.15, 0.2) is 42.7 Å². The van der Waals surface area contributed by atoms with Crippen molar-refractivity contribution in [1.29, 1.82) is 0 Å². The number of hydrogen-bond donors (Lipinski definition) is 2. The summed E-state index contributed by atoms with van der Waals surface area (Å²) in [7, 11) is 1.77. The number of nitrogens with zero attached hydrogens (tertiary/aromatic N) is 2. The van der Waals surface area contributed by atoms with Gasteiger partial charge in [-0.15, -0.1) is 0 Å². The molecule has 0 aliphatic rings. The van der Waals surface area contributed by atoms with Crippen molar-refractivity contribution in [2.45, 2.75) is 25.4 Å². The third kappa shape index (κ3) is 4.43. The van der Waals surface area contributed by atoms with Gasteiger partial charge in [-0.3, -0.25) is 9.48 Å². The fourth-order valence-electron chi connectivity index (χ4n) is 2.33. The summed E-state index contributed by atoms with van der Waals surface area (Å²) in [4.78, 5) is 12.1. The van der Waals surface area contributed by atoms with Gasteiger partial charge in [-0.25, -0.2) is 0 Å². The molecular weight excluding hydrogens is 266 g/mol. The number of aliphatic hydroxyl groups is 1. The number of aryl methyl sites for hydroxylation is 1. The van der Waals surface area contributed by atoms with E-state index in [1.807, 2.05) is 30.3 Å². The Hall–Kier alpha value is -2.14. The molecule has 5 nitrogen and oxygen atoms in total. The van der Waals surface area contributed by atoms with Gasteiger partial charge in [0.25, 0.3) is 5.91 Å². The summed E-state index contributed by atoms with van der Waals surface area (Å²) < 4.78 is 1.60. The van der Waals surface area contributed by atoms with Gasteiger partial charge in [0.2, 0.25) is 0 Å². The predicted molar refractivity (Wildman–Crippen MR) is 81.0 cm³/mol. The molecular formula is C16H21N3O2. The molecule has 2 N–H and O–H groups in total. The lowest BCUT2D eigenvalue weighted by atomic mass is 9.93. The lowest BCUT2D eigenvalue weighted by Crippen LogP contribution is -2.29. The zero-order valence-corrected chi connectivity index (χ0v) is 12.4. The van der Waals surface area contributed by atoms with E-state index in [0.717, 1.165) is 5.56 Å². The molecule has 0 saturated carbocycles. The molecule has 0 spiro atoms. The van der Waals surface area contributed by atoms with E-state index in [9.17, 15) is 9.90 Å². The van der Waals surface area contributed by atoms with Crippen molar-refractivity contribution in [3.05, 3.63) is 53.9 Å². The third-order valence-corrected chi connectivity index (χ3v) is 3.37. The largest absolute Gasteiger partial charge is 0.393 e. The number of carbonyl (C=O) groups is 1. The number of benzene rings is 1.